The molecule has 0 aromatic carbocycles. The molecule has 1 fully saturated rings. The van der Waals surface area contributed by atoms with Crippen LogP contribution in [0.5, 0.6) is 0 Å². The molecule has 1 aliphatic heterocycles. The Balaban J connectivity index is 0.0000102. The van der Waals surface area contributed by atoms with E-state index >= 15 is 0 Å². The summed E-state index contributed by atoms with van der Waals surface area (Å²) in [6, 6.07) is -1.36. The van der Waals surface area contributed by atoms with Crippen LogP contribution in [0.15, 0.2) is 0 Å². The first kappa shape index (κ1) is 31.5. The van der Waals surface area contributed by atoms with E-state index in [9.17, 15) is 29.1 Å². The van der Waals surface area contributed by atoms with Crippen molar-refractivity contribution in [1.82, 2.24) is 19.6 Å². The number of hydrogen-bond acceptors (Lipinski definition) is 9. The number of rotatable bonds is 10. The zero-order valence-corrected chi connectivity index (χ0v) is 20.3. The van der Waals surface area contributed by atoms with Crippen LogP contribution >= 0.6 is 0 Å². The Morgan fingerprint density at radius 1 is 0.545 bits per heavy atom. The molecule has 0 aromatic rings. The van der Waals surface area contributed by atoms with Crippen molar-refractivity contribution in [2.45, 2.75) is 12.5 Å². The van der Waals surface area contributed by atoms with Gasteiger partial charge in [-0.05, 0) is 0 Å². The van der Waals surface area contributed by atoms with E-state index in [1.165, 1.54) is 14.7 Å². The van der Waals surface area contributed by atoms with Crippen molar-refractivity contribution >= 4 is 29.8 Å². The van der Waals surface area contributed by atoms with Crippen LogP contribution in [0, 0.1) is 39.9 Å². The molecule has 14 nitrogen and oxygen atoms in total. The van der Waals surface area contributed by atoms with Crippen molar-refractivity contribution in [1.29, 1.82) is 0 Å². The van der Waals surface area contributed by atoms with Crippen LogP contribution in [0.25, 0.3) is 0 Å². The third kappa shape index (κ3) is 13.7. The predicted octanol–water partition coefficient (Wildman–Crippen LogP) is -2.61. The van der Waals surface area contributed by atoms with Crippen LogP contribution in [0.2, 0.25) is 0 Å². The van der Waals surface area contributed by atoms with Gasteiger partial charge in [0.2, 0.25) is 0 Å². The molecule has 0 aromatic heterocycles. The minimum atomic E-state index is -1.36. The molecule has 1 rings (SSSR count). The van der Waals surface area contributed by atoms with E-state index in [1.54, 1.807) is 4.90 Å². The number of nitrogens with zero attached hydrogens (tertiary/aromatic N) is 4. The summed E-state index contributed by atoms with van der Waals surface area (Å²) in [5.41, 5.74) is 0. The number of carboxylic acid groups (broad SMARTS) is 5. The van der Waals surface area contributed by atoms with Crippen molar-refractivity contribution in [3.05, 3.63) is 0 Å². The van der Waals surface area contributed by atoms with Gasteiger partial charge in [0.15, 0.2) is 0 Å². The van der Waals surface area contributed by atoms with Gasteiger partial charge in [0.25, 0.3) is 0 Å². The van der Waals surface area contributed by atoms with Gasteiger partial charge in [0.05, 0.1) is 26.1 Å². The first-order valence-corrected chi connectivity index (χ1v) is 9.99. The first-order valence-electron chi connectivity index (χ1n) is 9.99. The molecule has 33 heavy (non-hydrogen) atoms. The van der Waals surface area contributed by atoms with Crippen LogP contribution in [0.4, 0.5) is 0 Å². The van der Waals surface area contributed by atoms with Gasteiger partial charge < -0.3 is 25.5 Å². The summed E-state index contributed by atoms with van der Waals surface area (Å²) >= 11 is 0. The molecule has 1 heterocycles. The Labute approximate surface area is 222 Å². The van der Waals surface area contributed by atoms with Crippen LogP contribution in [-0.4, -0.2) is 153 Å². The molecule has 1 aliphatic rings. The molecule has 1 saturated heterocycles. The summed E-state index contributed by atoms with van der Waals surface area (Å²) in [5, 5.41) is 46.1. The van der Waals surface area contributed by atoms with Crippen LogP contribution in [0.1, 0.15) is 6.42 Å². The van der Waals surface area contributed by atoms with Crippen molar-refractivity contribution < 1.29 is 89.4 Å². The fourth-order valence-electron chi connectivity index (χ4n) is 3.45. The minimum Gasteiger partial charge on any atom is -0.481 e. The predicted molar refractivity (Wildman–Crippen MR) is 107 cm³/mol. The molecule has 1 atom stereocenters. The van der Waals surface area contributed by atoms with Gasteiger partial charge in [0, 0.05) is 52.4 Å². The third-order valence-corrected chi connectivity index (χ3v) is 5.04. The molecule has 0 amide bonds. The van der Waals surface area contributed by atoms with E-state index in [-0.39, 0.29) is 112 Å². The molecule has 187 valence electrons. The van der Waals surface area contributed by atoms with E-state index in [0.717, 1.165) is 0 Å². The molecule has 0 aliphatic carbocycles. The van der Waals surface area contributed by atoms with E-state index in [4.69, 9.17) is 20.4 Å². The maximum atomic E-state index is 11.7. The summed E-state index contributed by atoms with van der Waals surface area (Å²) in [7, 11) is 0. The maximum absolute atomic E-state index is 11.7. The Hall–Kier alpha value is -1.49. The number of carbonyl (C=O) groups is 5. The maximum Gasteiger partial charge on any atom is 3.00 e. The van der Waals surface area contributed by atoms with Crippen molar-refractivity contribution in [2.75, 3.05) is 72.0 Å². The fourth-order valence-corrected chi connectivity index (χ4v) is 3.45. The third-order valence-electron chi connectivity index (χ3n) is 5.04. The van der Waals surface area contributed by atoms with Gasteiger partial charge in [-0.15, -0.1) is 0 Å². The second-order valence-electron chi connectivity index (χ2n) is 7.50. The Morgan fingerprint density at radius 3 is 1.09 bits per heavy atom. The molecular weight excluding hydrogens is 589 g/mol. The SMILES string of the molecule is O=C(O)CC(C(=O)O)N1CCN(CC(=O)O)CCN(CC(=O)O)CCN(CC(=O)O)CC1.[Gd+3]. The molecule has 0 bridgehead atoms. The van der Waals surface area contributed by atoms with E-state index in [2.05, 4.69) is 0 Å². The minimum absolute atomic E-state index is 0. The normalized spacial score (nSPS) is 18.8. The standard InChI is InChI=1S/C18H30N4O10.Gd/c23-14(24)9-13(18(31)32)22-7-5-20(11-16(27)28)3-1-19(10-15(25)26)2-4-21(6-8-22)12-17(29)30;/h13H,1-12H2,(H,23,24)(H,25,26)(H,27,28)(H,29,30)(H,31,32);/q;+3. The Bertz CT molecular complexity index is 663. The number of hydrogen-bond donors (Lipinski definition) is 5. The van der Waals surface area contributed by atoms with E-state index in [1.807, 2.05) is 0 Å². The largest absolute Gasteiger partial charge is 3.00 e. The quantitative estimate of drug-likeness (QED) is 0.170. The Morgan fingerprint density at radius 2 is 0.848 bits per heavy atom. The average molecular weight is 620 g/mol. The van der Waals surface area contributed by atoms with Gasteiger partial charge >= 0.3 is 69.8 Å². The summed E-state index contributed by atoms with van der Waals surface area (Å²) in [6.45, 7) is 0.0720. The van der Waals surface area contributed by atoms with Crippen LogP contribution < -0.4 is 0 Å². The zero-order chi connectivity index (χ0) is 24.3. The van der Waals surface area contributed by atoms with Gasteiger partial charge in [-0.3, -0.25) is 43.6 Å². The Kier molecular flexibility index (Phi) is 15.5. The molecule has 1 radical (unpaired) electrons. The van der Waals surface area contributed by atoms with Crippen molar-refractivity contribution in [3.8, 4) is 0 Å². The summed E-state index contributed by atoms with van der Waals surface area (Å²) < 4.78 is 0. The molecule has 5 N–H and O–H groups in total. The number of carboxylic acids is 5. The van der Waals surface area contributed by atoms with Gasteiger partial charge in [-0.2, -0.15) is 0 Å². The summed E-state index contributed by atoms with van der Waals surface area (Å²) in [5.74, 6) is -5.95. The number of aliphatic carboxylic acids is 5. The van der Waals surface area contributed by atoms with Crippen molar-refractivity contribution in [3.63, 3.8) is 0 Å². The summed E-state index contributed by atoms with van der Waals surface area (Å²) in [6.07, 6.45) is -0.667. The fraction of sp³-hybridized carbons (Fsp3) is 0.722. The smallest absolute Gasteiger partial charge is 0.481 e. The molecule has 0 saturated carbocycles. The van der Waals surface area contributed by atoms with Crippen molar-refractivity contribution in [2.24, 2.45) is 0 Å². The average Bonchev–Trinajstić information content (AvgIpc) is 2.65. The van der Waals surface area contributed by atoms with Crippen LogP contribution in [-0.2, 0) is 24.0 Å². The van der Waals surface area contributed by atoms with E-state index < -0.39 is 42.3 Å². The van der Waals surface area contributed by atoms with Crippen LogP contribution in [0.3, 0.4) is 0 Å². The molecular formula is C18H30GdN4O10+3. The second kappa shape index (κ2) is 16.2. The second-order valence-corrected chi connectivity index (χ2v) is 7.50. The van der Waals surface area contributed by atoms with Gasteiger partial charge in [0.1, 0.15) is 6.04 Å². The topological polar surface area (TPSA) is 199 Å². The molecule has 0 spiro atoms. The zero-order valence-electron chi connectivity index (χ0n) is 18.0. The van der Waals surface area contributed by atoms with Gasteiger partial charge in [-0.1, -0.05) is 0 Å². The first-order chi connectivity index (χ1) is 15.0. The summed E-state index contributed by atoms with van der Waals surface area (Å²) in [4.78, 5) is 62.5. The molecule has 15 heteroatoms. The van der Waals surface area contributed by atoms with E-state index in [0.29, 0.717) is 0 Å². The molecule has 1 unspecified atom stereocenters. The monoisotopic (exact) mass is 620 g/mol. The van der Waals surface area contributed by atoms with Gasteiger partial charge in [-0.25, -0.2) is 0 Å².